The van der Waals surface area contributed by atoms with Crippen LogP contribution in [0.25, 0.3) is 0 Å². The Labute approximate surface area is 98.2 Å². The van der Waals surface area contributed by atoms with E-state index in [1.165, 1.54) is 16.7 Å². The molecular weight excluding hydrogens is 230 g/mol. The molecule has 90 valence electrons. The minimum atomic E-state index is -0.791. The Bertz CT molecular complexity index is 272. The molecule has 2 atom stereocenters. The average molecular weight is 245 g/mol. The molecule has 0 aromatic rings. The smallest absolute Gasteiger partial charge is 0.237 e. The molecule has 0 bridgehead atoms. The van der Waals surface area contributed by atoms with Gasteiger partial charge in [-0.2, -0.15) is 0 Å². The number of hydrogen-bond donors (Lipinski definition) is 1. The molecule has 2 unspecified atom stereocenters. The van der Waals surface area contributed by atoms with E-state index >= 15 is 0 Å². The van der Waals surface area contributed by atoms with Crippen molar-refractivity contribution >= 4 is 30.2 Å². The van der Waals surface area contributed by atoms with Gasteiger partial charge in [0.2, 0.25) is 5.91 Å². The number of hydrogen-bond acceptors (Lipinski definition) is 5. The fraction of sp³-hybridized carbons (Fsp3) is 0.700. The van der Waals surface area contributed by atoms with Crippen LogP contribution in [0.4, 0.5) is 0 Å². The van der Waals surface area contributed by atoms with Crippen LogP contribution in [0, 0.1) is 0 Å². The van der Waals surface area contributed by atoms with Gasteiger partial charge in [0.25, 0.3) is 0 Å². The van der Waals surface area contributed by atoms with Gasteiger partial charge in [-0.05, 0) is 0 Å². The van der Waals surface area contributed by atoms with Crippen LogP contribution in [0.15, 0.2) is 0 Å². The second-order valence-electron chi connectivity index (χ2n) is 3.52. The predicted octanol–water partition coefficient (Wildman–Crippen LogP) is -0.183. The van der Waals surface area contributed by atoms with E-state index in [9.17, 15) is 19.5 Å². The molecule has 0 spiro atoms. The number of carbonyl (C=O) groups is 3. The highest BCUT2D eigenvalue weighted by molar-refractivity contribution is 8.00. The van der Waals surface area contributed by atoms with Gasteiger partial charge >= 0.3 is 0 Å². The molecule has 1 N–H and O–H groups in total. The quantitative estimate of drug-likeness (QED) is 0.497. The number of nitrogens with zero attached hydrogens (tertiary/aromatic N) is 1. The monoisotopic (exact) mass is 245 g/mol. The van der Waals surface area contributed by atoms with E-state index < -0.39 is 6.23 Å². The summed E-state index contributed by atoms with van der Waals surface area (Å²) in [5.74, 6) is 0.457. The first-order valence-electron chi connectivity index (χ1n) is 5.18. The molecule has 0 aromatic heterocycles. The van der Waals surface area contributed by atoms with Crippen LogP contribution in [0.1, 0.15) is 19.3 Å². The molecular formula is C10H15NO4S. The average Bonchev–Trinajstić information content (AvgIpc) is 2.53. The Morgan fingerprint density at radius 3 is 2.69 bits per heavy atom. The molecule has 1 saturated heterocycles. The predicted molar refractivity (Wildman–Crippen MR) is 59.9 cm³/mol. The molecule has 16 heavy (non-hydrogen) atoms. The third-order valence-electron chi connectivity index (χ3n) is 2.39. The molecule has 0 aromatic carbocycles. The lowest BCUT2D eigenvalue weighted by Crippen LogP contribution is -2.35. The molecule has 0 saturated carbocycles. The molecule has 1 heterocycles. The molecule has 1 fully saturated rings. The summed E-state index contributed by atoms with van der Waals surface area (Å²) in [6.45, 7) is 0.272. The molecule has 0 radical (unpaired) electrons. The first-order chi connectivity index (χ1) is 7.70. The van der Waals surface area contributed by atoms with Crippen LogP contribution in [-0.4, -0.2) is 52.3 Å². The number of amides is 1. The Balaban J connectivity index is 2.42. The molecule has 0 aliphatic carbocycles. The van der Waals surface area contributed by atoms with Gasteiger partial charge in [0.15, 0.2) is 0 Å². The molecule has 5 nitrogen and oxygen atoms in total. The Hall–Kier alpha value is -0.880. The lowest BCUT2D eigenvalue weighted by molar-refractivity contribution is -0.133. The van der Waals surface area contributed by atoms with Gasteiger partial charge in [-0.3, -0.25) is 4.79 Å². The summed E-state index contributed by atoms with van der Waals surface area (Å²) in [6.07, 6.45) is 1.79. The maximum atomic E-state index is 11.8. The van der Waals surface area contributed by atoms with E-state index in [1.54, 1.807) is 0 Å². The number of likely N-dealkylation sites (tertiary alicyclic amines) is 1. The van der Waals surface area contributed by atoms with Crippen molar-refractivity contribution in [3.8, 4) is 0 Å². The van der Waals surface area contributed by atoms with Crippen molar-refractivity contribution in [2.45, 2.75) is 30.7 Å². The zero-order chi connectivity index (χ0) is 12.0. The van der Waals surface area contributed by atoms with E-state index in [-0.39, 0.29) is 24.1 Å². The van der Waals surface area contributed by atoms with Crippen molar-refractivity contribution in [2.75, 3.05) is 12.3 Å². The maximum Gasteiger partial charge on any atom is 0.237 e. The Morgan fingerprint density at radius 1 is 1.38 bits per heavy atom. The second-order valence-corrected chi connectivity index (χ2v) is 4.83. The van der Waals surface area contributed by atoms with Crippen molar-refractivity contribution in [1.29, 1.82) is 0 Å². The lowest BCUT2D eigenvalue weighted by atomic mass is 10.3. The second kappa shape index (κ2) is 6.65. The first-order valence-corrected chi connectivity index (χ1v) is 6.23. The number of carbonyl (C=O) groups excluding carboxylic acids is 3. The summed E-state index contributed by atoms with van der Waals surface area (Å²) < 4.78 is 0. The largest absolute Gasteiger partial charge is 0.373 e. The summed E-state index contributed by atoms with van der Waals surface area (Å²) in [7, 11) is 0. The van der Waals surface area contributed by atoms with Gasteiger partial charge in [0.1, 0.15) is 18.8 Å². The number of aldehydes is 2. The zero-order valence-electron chi connectivity index (χ0n) is 8.87. The van der Waals surface area contributed by atoms with Gasteiger partial charge < -0.3 is 19.6 Å². The van der Waals surface area contributed by atoms with Gasteiger partial charge in [0.05, 0.1) is 5.25 Å². The summed E-state index contributed by atoms with van der Waals surface area (Å²) in [5.41, 5.74) is 0. The highest BCUT2D eigenvalue weighted by Gasteiger charge is 2.37. The number of aliphatic hydroxyl groups is 1. The van der Waals surface area contributed by atoms with Gasteiger partial charge in [0, 0.05) is 31.6 Å². The molecule has 1 rings (SSSR count). The Morgan fingerprint density at radius 2 is 2.06 bits per heavy atom. The molecule has 1 aliphatic rings. The van der Waals surface area contributed by atoms with E-state index in [1.807, 2.05) is 0 Å². The third-order valence-corrected chi connectivity index (χ3v) is 3.65. The number of thioether (sulfide) groups is 1. The van der Waals surface area contributed by atoms with E-state index in [2.05, 4.69) is 0 Å². The topological polar surface area (TPSA) is 74.7 Å². The number of aliphatic hydroxyl groups excluding tert-OH is 1. The van der Waals surface area contributed by atoms with Crippen LogP contribution < -0.4 is 0 Å². The van der Waals surface area contributed by atoms with Crippen LogP contribution in [0.3, 0.4) is 0 Å². The van der Waals surface area contributed by atoms with Crippen LogP contribution in [0.5, 0.6) is 0 Å². The fourth-order valence-corrected chi connectivity index (χ4v) is 2.70. The van der Waals surface area contributed by atoms with Gasteiger partial charge in [-0.25, -0.2) is 0 Å². The van der Waals surface area contributed by atoms with Crippen LogP contribution in [-0.2, 0) is 14.4 Å². The van der Waals surface area contributed by atoms with E-state index in [0.717, 1.165) is 12.6 Å². The summed E-state index contributed by atoms with van der Waals surface area (Å²) >= 11 is 1.39. The minimum Gasteiger partial charge on any atom is -0.373 e. The number of rotatable bonds is 7. The van der Waals surface area contributed by atoms with Crippen molar-refractivity contribution in [3.05, 3.63) is 0 Å². The summed E-state index contributed by atoms with van der Waals surface area (Å²) in [5, 5.41) is 9.34. The highest BCUT2D eigenvalue weighted by Crippen LogP contribution is 2.27. The summed E-state index contributed by atoms with van der Waals surface area (Å²) in [6, 6.07) is 0. The van der Waals surface area contributed by atoms with Crippen molar-refractivity contribution in [3.63, 3.8) is 0 Å². The molecule has 1 aliphatic heterocycles. The fourth-order valence-electron chi connectivity index (χ4n) is 1.60. The third kappa shape index (κ3) is 3.31. The maximum absolute atomic E-state index is 11.8. The lowest BCUT2D eigenvalue weighted by Gasteiger charge is -2.18. The zero-order valence-corrected chi connectivity index (χ0v) is 9.69. The van der Waals surface area contributed by atoms with Crippen LogP contribution in [0.2, 0.25) is 0 Å². The SMILES string of the molecule is O=CCCSC1CC(O)N(CCC=O)C1=O. The first kappa shape index (κ1) is 13.2. The van der Waals surface area contributed by atoms with E-state index in [0.29, 0.717) is 18.6 Å². The van der Waals surface area contributed by atoms with Gasteiger partial charge in [-0.15, -0.1) is 11.8 Å². The van der Waals surface area contributed by atoms with Crippen LogP contribution >= 0.6 is 11.8 Å². The highest BCUT2D eigenvalue weighted by atomic mass is 32.2. The standard InChI is InChI=1S/C10H15NO4S/c12-4-1-3-11-9(14)7-8(10(11)15)16-6-2-5-13/h4-5,8-9,14H,1-3,6-7H2. The van der Waals surface area contributed by atoms with Crippen molar-refractivity contribution in [1.82, 2.24) is 4.90 Å². The normalized spacial score (nSPS) is 24.8. The minimum absolute atomic E-state index is 0.134. The summed E-state index contributed by atoms with van der Waals surface area (Å²) in [4.78, 5) is 33.4. The van der Waals surface area contributed by atoms with Crippen molar-refractivity contribution < 1.29 is 19.5 Å². The Kier molecular flexibility index (Phi) is 5.48. The van der Waals surface area contributed by atoms with Gasteiger partial charge in [-0.1, -0.05) is 0 Å². The van der Waals surface area contributed by atoms with E-state index in [4.69, 9.17) is 0 Å². The molecule has 1 amide bonds. The van der Waals surface area contributed by atoms with Crippen molar-refractivity contribution in [2.24, 2.45) is 0 Å². The molecule has 6 heteroatoms.